The minimum absolute atomic E-state index is 0.179. The first-order chi connectivity index (χ1) is 14.7. The first kappa shape index (κ1) is 19.1. The van der Waals surface area contributed by atoms with Crippen LogP contribution in [0.15, 0.2) is 47.2 Å². The molecule has 0 atom stereocenters. The first-order valence-corrected chi connectivity index (χ1v) is 11.1. The Bertz CT molecular complexity index is 1210. The molecule has 1 aliphatic rings. The Morgan fingerprint density at radius 1 is 1.27 bits per heavy atom. The number of benzene rings is 1. The second-order valence-electron chi connectivity index (χ2n) is 7.09. The van der Waals surface area contributed by atoms with Gasteiger partial charge in [0.15, 0.2) is 0 Å². The third-order valence-corrected chi connectivity index (χ3v) is 6.39. The number of ether oxygens (including phenoxy) is 1. The number of pyridine rings is 1. The highest BCUT2D eigenvalue weighted by Crippen LogP contribution is 2.36. The van der Waals surface area contributed by atoms with Crippen LogP contribution in [0.25, 0.3) is 11.0 Å². The molecule has 152 valence electrons. The number of halogens is 1. The molecule has 1 fully saturated rings. The Hall–Kier alpha value is -2.85. The molecule has 0 aliphatic heterocycles. The zero-order valence-electron chi connectivity index (χ0n) is 15.8. The van der Waals surface area contributed by atoms with Crippen molar-refractivity contribution in [1.29, 1.82) is 0 Å². The van der Waals surface area contributed by atoms with Gasteiger partial charge in [0, 0.05) is 31.0 Å². The number of fused-ring (bicyclic) bond motifs is 1. The molecule has 8 nitrogen and oxygen atoms in total. The fraction of sp³-hybridized carbons (Fsp3) is 0.250. The summed E-state index contributed by atoms with van der Waals surface area (Å²) in [5, 5.41) is 11.5. The van der Waals surface area contributed by atoms with E-state index in [0.717, 1.165) is 39.1 Å². The van der Waals surface area contributed by atoms with Crippen LogP contribution in [-0.2, 0) is 13.1 Å². The molecule has 1 N–H and O–H groups in total. The van der Waals surface area contributed by atoms with E-state index in [1.54, 1.807) is 18.5 Å². The summed E-state index contributed by atoms with van der Waals surface area (Å²) >= 11 is 4.76. The number of carbonyl (C=O) groups is 1. The zero-order valence-corrected chi connectivity index (χ0v) is 18.2. The van der Waals surface area contributed by atoms with Crippen molar-refractivity contribution in [3.8, 4) is 11.6 Å². The number of carbonyl (C=O) groups excluding carboxylic acids is 1. The van der Waals surface area contributed by atoms with Gasteiger partial charge >= 0.3 is 0 Å². The second-order valence-corrected chi connectivity index (χ2v) is 8.72. The van der Waals surface area contributed by atoms with Crippen molar-refractivity contribution >= 4 is 44.4 Å². The third kappa shape index (κ3) is 3.92. The summed E-state index contributed by atoms with van der Waals surface area (Å²) in [6.45, 7) is 1.18. The Balaban J connectivity index is 1.36. The average Bonchev–Trinajstić information content (AvgIpc) is 3.24. The molecule has 5 rings (SSSR count). The lowest BCUT2D eigenvalue weighted by Crippen LogP contribution is -2.22. The van der Waals surface area contributed by atoms with Crippen LogP contribution in [-0.4, -0.2) is 30.3 Å². The van der Waals surface area contributed by atoms with E-state index in [-0.39, 0.29) is 12.5 Å². The standard InChI is InChI=1S/C20H17BrN6O2S/c21-17-15(6-5-14-18(17)25-26-27(14)11-12-3-4-12)29-20-13(2-1-8-22-20)10-23-19(28)16-7-9-24-30-16/h1-2,5-9,12H,3-4,10-11H2,(H,23,28). The molecular formula is C20H17BrN6O2S. The van der Waals surface area contributed by atoms with Crippen LogP contribution in [0.2, 0.25) is 0 Å². The van der Waals surface area contributed by atoms with Crippen molar-refractivity contribution in [3.05, 3.63) is 57.6 Å². The molecule has 0 unspecified atom stereocenters. The second kappa shape index (κ2) is 8.11. The minimum atomic E-state index is -0.179. The molecule has 10 heteroatoms. The summed E-state index contributed by atoms with van der Waals surface area (Å²) in [5.74, 6) is 1.55. The molecule has 1 aromatic carbocycles. The van der Waals surface area contributed by atoms with Crippen molar-refractivity contribution in [2.75, 3.05) is 0 Å². The van der Waals surface area contributed by atoms with Crippen LogP contribution >= 0.6 is 27.5 Å². The molecule has 3 aromatic heterocycles. The molecule has 30 heavy (non-hydrogen) atoms. The lowest BCUT2D eigenvalue weighted by Gasteiger charge is -2.12. The van der Waals surface area contributed by atoms with Gasteiger partial charge in [0.25, 0.3) is 5.91 Å². The molecule has 0 saturated heterocycles. The molecule has 1 saturated carbocycles. The van der Waals surface area contributed by atoms with E-state index in [9.17, 15) is 4.79 Å². The Morgan fingerprint density at radius 2 is 2.17 bits per heavy atom. The van der Waals surface area contributed by atoms with Crippen LogP contribution in [0.3, 0.4) is 0 Å². The third-order valence-electron chi connectivity index (χ3n) is 4.88. The monoisotopic (exact) mass is 484 g/mol. The number of amides is 1. The summed E-state index contributed by atoms with van der Waals surface area (Å²) in [4.78, 5) is 17.1. The number of rotatable bonds is 7. The topological polar surface area (TPSA) is 94.8 Å². The molecule has 1 aliphatic carbocycles. The minimum Gasteiger partial charge on any atom is -0.437 e. The van der Waals surface area contributed by atoms with Crippen LogP contribution in [0.1, 0.15) is 28.1 Å². The number of hydrogen-bond acceptors (Lipinski definition) is 7. The van der Waals surface area contributed by atoms with Gasteiger partial charge in [-0.2, -0.15) is 0 Å². The smallest absolute Gasteiger partial charge is 0.263 e. The van der Waals surface area contributed by atoms with Crippen molar-refractivity contribution < 1.29 is 9.53 Å². The summed E-state index contributed by atoms with van der Waals surface area (Å²) in [6.07, 6.45) is 5.77. The predicted molar refractivity (Wildman–Crippen MR) is 116 cm³/mol. The quantitative estimate of drug-likeness (QED) is 0.422. The van der Waals surface area contributed by atoms with E-state index in [0.29, 0.717) is 22.4 Å². The average molecular weight is 485 g/mol. The molecular weight excluding hydrogens is 468 g/mol. The summed E-state index contributed by atoms with van der Waals surface area (Å²) in [6, 6.07) is 9.21. The lowest BCUT2D eigenvalue weighted by molar-refractivity contribution is 0.0955. The van der Waals surface area contributed by atoms with E-state index >= 15 is 0 Å². The highest BCUT2D eigenvalue weighted by molar-refractivity contribution is 9.10. The van der Waals surface area contributed by atoms with Crippen LogP contribution in [0.5, 0.6) is 11.6 Å². The summed E-state index contributed by atoms with van der Waals surface area (Å²) in [5.41, 5.74) is 2.49. The zero-order chi connectivity index (χ0) is 20.5. The van der Waals surface area contributed by atoms with Crippen molar-refractivity contribution in [1.82, 2.24) is 29.7 Å². The predicted octanol–water partition coefficient (Wildman–Crippen LogP) is 4.18. The highest BCUT2D eigenvalue weighted by Gasteiger charge is 2.24. The normalized spacial score (nSPS) is 13.5. The largest absolute Gasteiger partial charge is 0.437 e. The first-order valence-electron chi connectivity index (χ1n) is 9.51. The van der Waals surface area contributed by atoms with Crippen molar-refractivity contribution in [3.63, 3.8) is 0 Å². The van der Waals surface area contributed by atoms with Gasteiger partial charge in [-0.15, -0.1) is 5.10 Å². The van der Waals surface area contributed by atoms with Gasteiger partial charge in [-0.05, 0) is 70.5 Å². The Kier molecular flexibility index (Phi) is 5.17. The van der Waals surface area contributed by atoms with Crippen molar-refractivity contribution in [2.24, 2.45) is 5.92 Å². The van der Waals surface area contributed by atoms with Crippen molar-refractivity contribution in [2.45, 2.75) is 25.9 Å². The molecule has 0 radical (unpaired) electrons. The fourth-order valence-corrected chi connectivity index (χ4v) is 4.10. The van der Waals surface area contributed by atoms with E-state index in [1.165, 1.54) is 12.8 Å². The number of nitrogens with zero attached hydrogens (tertiary/aromatic N) is 5. The Labute approximate surface area is 184 Å². The van der Waals surface area contributed by atoms with Gasteiger partial charge in [-0.3, -0.25) is 4.79 Å². The maximum atomic E-state index is 12.2. The maximum absolute atomic E-state index is 12.2. The van der Waals surface area contributed by atoms with E-state index < -0.39 is 0 Å². The number of aromatic nitrogens is 5. The number of nitrogens with one attached hydrogen (secondary N) is 1. The van der Waals surface area contributed by atoms with E-state index in [4.69, 9.17) is 4.74 Å². The summed E-state index contributed by atoms with van der Waals surface area (Å²) in [7, 11) is 0. The highest BCUT2D eigenvalue weighted by atomic mass is 79.9. The number of hydrogen-bond donors (Lipinski definition) is 1. The van der Waals surface area contributed by atoms with Gasteiger partial charge in [0.2, 0.25) is 5.88 Å². The van der Waals surface area contributed by atoms with Gasteiger partial charge in [0.1, 0.15) is 16.1 Å². The van der Waals surface area contributed by atoms with E-state index in [2.05, 4.69) is 40.9 Å². The summed E-state index contributed by atoms with van der Waals surface area (Å²) < 4.78 is 12.7. The van der Waals surface area contributed by atoms with Crippen LogP contribution in [0, 0.1) is 5.92 Å². The molecule has 1 amide bonds. The molecule has 0 bridgehead atoms. The fourth-order valence-electron chi connectivity index (χ4n) is 3.10. The van der Waals surface area contributed by atoms with Gasteiger partial charge in [-0.25, -0.2) is 14.0 Å². The van der Waals surface area contributed by atoms with Crippen LogP contribution < -0.4 is 10.1 Å². The van der Waals surface area contributed by atoms with Gasteiger partial charge in [0.05, 0.1) is 9.99 Å². The molecule has 4 aromatic rings. The van der Waals surface area contributed by atoms with E-state index in [1.807, 2.05) is 28.9 Å². The lowest BCUT2D eigenvalue weighted by atomic mass is 10.2. The SMILES string of the molecule is O=C(NCc1cccnc1Oc1ccc2c(nnn2CC2CC2)c1Br)c1ccns1. The Morgan fingerprint density at radius 3 is 2.97 bits per heavy atom. The molecule has 0 spiro atoms. The molecule has 3 heterocycles. The van der Waals surface area contributed by atoms with Crippen LogP contribution in [0.4, 0.5) is 0 Å². The maximum Gasteiger partial charge on any atom is 0.263 e. The van der Waals surface area contributed by atoms with Gasteiger partial charge < -0.3 is 10.1 Å². The van der Waals surface area contributed by atoms with Gasteiger partial charge in [-0.1, -0.05) is 11.3 Å².